The second kappa shape index (κ2) is 3.85. The minimum absolute atomic E-state index is 0.813. The standard InChI is InChI=1S/C12H13BN2/c1-8-7-9(2)15-12(14-8)10-3-5-11(13)6-4-10/h3-7H,13H2,1-2H3. The molecule has 0 atom stereocenters. The highest BCUT2D eigenvalue weighted by Crippen LogP contribution is 2.14. The lowest BCUT2D eigenvalue weighted by Gasteiger charge is -2.03. The third kappa shape index (κ3) is 2.24. The van der Waals surface area contributed by atoms with Gasteiger partial charge in [0, 0.05) is 17.0 Å². The van der Waals surface area contributed by atoms with E-state index in [2.05, 4.69) is 42.1 Å². The largest absolute Gasteiger partial charge is 0.233 e. The van der Waals surface area contributed by atoms with Crippen LogP contribution < -0.4 is 5.46 Å². The zero-order chi connectivity index (χ0) is 10.8. The average molecular weight is 196 g/mol. The molecule has 0 aliphatic heterocycles. The Balaban J connectivity index is 2.49. The van der Waals surface area contributed by atoms with Crippen molar-refractivity contribution in [2.45, 2.75) is 13.8 Å². The Labute approximate surface area is 90.8 Å². The first-order valence-electron chi connectivity index (χ1n) is 5.04. The predicted molar refractivity (Wildman–Crippen MR) is 65.1 cm³/mol. The third-order valence-corrected chi connectivity index (χ3v) is 2.29. The van der Waals surface area contributed by atoms with Crippen molar-refractivity contribution in [2.24, 2.45) is 0 Å². The number of aromatic nitrogens is 2. The highest BCUT2D eigenvalue weighted by molar-refractivity contribution is 6.32. The molecule has 2 aromatic rings. The minimum Gasteiger partial charge on any atom is -0.233 e. The van der Waals surface area contributed by atoms with E-state index in [9.17, 15) is 0 Å². The van der Waals surface area contributed by atoms with Crippen molar-refractivity contribution in [1.29, 1.82) is 0 Å². The van der Waals surface area contributed by atoms with Crippen LogP contribution >= 0.6 is 0 Å². The number of aryl methyl sites for hydroxylation is 2. The summed E-state index contributed by atoms with van der Waals surface area (Å²) in [7, 11) is 2.08. The molecule has 1 aromatic heterocycles. The van der Waals surface area contributed by atoms with Gasteiger partial charge in [-0.2, -0.15) is 0 Å². The van der Waals surface area contributed by atoms with Gasteiger partial charge in [-0.25, -0.2) is 9.97 Å². The Morgan fingerprint density at radius 1 is 0.933 bits per heavy atom. The van der Waals surface area contributed by atoms with Gasteiger partial charge in [-0.3, -0.25) is 0 Å². The van der Waals surface area contributed by atoms with Crippen LogP contribution in [0, 0.1) is 13.8 Å². The summed E-state index contributed by atoms with van der Waals surface area (Å²) in [5.41, 5.74) is 4.35. The minimum atomic E-state index is 0.813. The van der Waals surface area contributed by atoms with Crippen LogP contribution in [0.5, 0.6) is 0 Å². The molecule has 2 rings (SSSR count). The molecule has 0 unspecified atom stereocenters. The van der Waals surface area contributed by atoms with Crippen LogP contribution in [0.1, 0.15) is 11.4 Å². The van der Waals surface area contributed by atoms with Crippen LogP contribution in [-0.4, -0.2) is 17.8 Å². The van der Waals surface area contributed by atoms with E-state index in [1.165, 1.54) is 5.46 Å². The van der Waals surface area contributed by atoms with E-state index in [0.29, 0.717) is 0 Å². The van der Waals surface area contributed by atoms with Gasteiger partial charge in [-0.05, 0) is 19.9 Å². The molecular weight excluding hydrogens is 183 g/mol. The molecule has 0 saturated heterocycles. The van der Waals surface area contributed by atoms with Gasteiger partial charge in [0.05, 0.1) is 0 Å². The number of rotatable bonds is 1. The van der Waals surface area contributed by atoms with E-state index in [4.69, 9.17) is 0 Å². The van der Waals surface area contributed by atoms with Crippen LogP contribution in [0.25, 0.3) is 11.4 Å². The summed E-state index contributed by atoms with van der Waals surface area (Å²) in [6.45, 7) is 3.98. The van der Waals surface area contributed by atoms with E-state index in [1.807, 2.05) is 19.9 Å². The molecule has 2 nitrogen and oxygen atoms in total. The highest BCUT2D eigenvalue weighted by Gasteiger charge is 2.01. The second-order valence-corrected chi connectivity index (χ2v) is 3.84. The van der Waals surface area contributed by atoms with E-state index in [1.54, 1.807) is 0 Å². The fourth-order valence-corrected chi connectivity index (χ4v) is 1.56. The van der Waals surface area contributed by atoms with Gasteiger partial charge in [-0.1, -0.05) is 29.7 Å². The molecule has 15 heavy (non-hydrogen) atoms. The molecule has 0 N–H and O–H groups in total. The number of hydrogen-bond donors (Lipinski definition) is 0. The predicted octanol–water partition coefficient (Wildman–Crippen LogP) is 1.02. The van der Waals surface area contributed by atoms with Crippen molar-refractivity contribution in [3.63, 3.8) is 0 Å². The quantitative estimate of drug-likeness (QED) is 0.636. The van der Waals surface area contributed by atoms with E-state index >= 15 is 0 Å². The lowest BCUT2D eigenvalue weighted by Crippen LogP contribution is -2.01. The van der Waals surface area contributed by atoms with Gasteiger partial charge in [-0.15, -0.1) is 0 Å². The summed E-state index contributed by atoms with van der Waals surface area (Å²) in [5.74, 6) is 0.813. The van der Waals surface area contributed by atoms with Crippen LogP contribution in [-0.2, 0) is 0 Å². The zero-order valence-electron chi connectivity index (χ0n) is 9.28. The SMILES string of the molecule is Bc1ccc(-c2nc(C)cc(C)n2)cc1. The average Bonchev–Trinajstić information content (AvgIpc) is 2.17. The molecule has 74 valence electrons. The van der Waals surface area contributed by atoms with Crippen molar-refractivity contribution in [3.8, 4) is 11.4 Å². The van der Waals surface area contributed by atoms with Crippen LogP contribution in [0.4, 0.5) is 0 Å². The van der Waals surface area contributed by atoms with Crippen LogP contribution in [0.15, 0.2) is 30.3 Å². The first kappa shape index (κ1) is 9.90. The lowest BCUT2D eigenvalue weighted by molar-refractivity contribution is 1.06. The maximum atomic E-state index is 4.42. The molecule has 0 spiro atoms. The lowest BCUT2D eigenvalue weighted by atomic mass is 9.95. The van der Waals surface area contributed by atoms with Crippen LogP contribution in [0.3, 0.4) is 0 Å². The van der Waals surface area contributed by atoms with E-state index < -0.39 is 0 Å². The van der Waals surface area contributed by atoms with Gasteiger partial charge in [0.15, 0.2) is 5.82 Å². The van der Waals surface area contributed by atoms with E-state index in [-0.39, 0.29) is 0 Å². The van der Waals surface area contributed by atoms with Crippen molar-refractivity contribution in [2.75, 3.05) is 0 Å². The normalized spacial score (nSPS) is 10.3. The molecular formula is C12H13BN2. The van der Waals surface area contributed by atoms with Crippen LogP contribution in [0.2, 0.25) is 0 Å². The van der Waals surface area contributed by atoms with Gasteiger partial charge in [0.1, 0.15) is 7.85 Å². The maximum Gasteiger partial charge on any atom is 0.159 e. The van der Waals surface area contributed by atoms with E-state index in [0.717, 1.165) is 22.8 Å². The molecule has 3 heteroatoms. The summed E-state index contributed by atoms with van der Waals surface area (Å²) in [6, 6.07) is 10.3. The third-order valence-electron chi connectivity index (χ3n) is 2.29. The first-order valence-corrected chi connectivity index (χ1v) is 5.04. The zero-order valence-corrected chi connectivity index (χ0v) is 9.28. The maximum absolute atomic E-state index is 4.42. The smallest absolute Gasteiger partial charge is 0.159 e. The molecule has 0 aliphatic rings. The summed E-state index contributed by atoms with van der Waals surface area (Å²) >= 11 is 0. The van der Waals surface area contributed by atoms with Crippen molar-refractivity contribution in [1.82, 2.24) is 9.97 Å². The van der Waals surface area contributed by atoms with Gasteiger partial charge < -0.3 is 0 Å². The van der Waals surface area contributed by atoms with Gasteiger partial charge in [0.2, 0.25) is 0 Å². The molecule has 0 fully saturated rings. The van der Waals surface area contributed by atoms with Crippen molar-refractivity contribution in [3.05, 3.63) is 41.7 Å². The first-order chi connectivity index (χ1) is 7.15. The molecule has 0 amide bonds. The monoisotopic (exact) mass is 196 g/mol. The van der Waals surface area contributed by atoms with Gasteiger partial charge >= 0.3 is 0 Å². The Morgan fingerprint density at radius 3 is 2.00 bits per heavy atom. The Kier molecular flexibility index (Phi) is 2.54. The summed E-state index contributed by atoms with van der Waals surface area (Å²) < 4.78 is 0. The molecule has 0 radical (unpaired) electrons. The van der Waals surface area contributed by atoms with Gasteiger partial charge in [0.25, 0.3) is 0 Å². The fourth-order valence-electron chi connectivity index (χ4n) is 1.56. The Hall–Kier alpha value is -1.64. The second-order valence-electron chi connectivity index (χ2n) is 3.84. The summed E-state index contributed by atoms with van der Waals surface area (Å²) in [5, 5.41) is 0. The Morgan fingerprint density at radius 2 is 1.47 bits per heavy atom. The molecule has 0 aliphatic carbocycles. The fraction of sp³-hybridized carbons (Fsp3) is 0.167. The summed E-state index contributed by atoms with van der Waals surface area (Å²) in [4.78, 5) is 8.85. The van der Waals surface area contributed by atoms with Crippen molar-refractivity contribution < 1.29 is 0 Å². The highest BCUT2D eigenvalue weighted by atomic mass is 14.9. The molecule has 1 heterocycles. The number of benzene rings is 1. The molecule has 0 bridgehead atoms. The molecule has 1 aromatic carbocycles. The van der Waals surface area contributed by atoms with Crippen molar-refractivity contribution >= 4 is 13.3 Å². The topological polar surface area (TPSA) is 25.8 Å². The number of hydrogen-bond acceptors (Lipinski definition) is 2. The molecule has 0 saturated carbocycles. The summed E-state index contributed by atoms with van der Waals surface area (Å²) in [6.07, 6.45) is 0. The Bertz CT molecular complexity index is 457. The number of nitrogens with zero attached hydrogens (tertiary/aromatic N) is 2.